The molecule has 0 radical (unpaired) electrons. The Morgan fingerprint density at radius 1 is 1.18 bits per heavy atom. The first-order valence-electron chi connectivity index (χ1n) is 7.38. The average molecular weight is 359 g/mol. The molecule has 0 unspecified atom stereocenters. The van der Waals surface area contributed by atoms with Crippen LogP contribution in [-0.2, 0) is 23.0 Å². The lowest BCUT2D eigenvalue weighted by molar-refractivity contribution is 0.447. The van der Waals surface area contributed by atoms with Crippen molar-refractivity contribution in [1.29, 1.82) is 0 Å². The number of hydrogen-bond donors (Lipinski definition) is 1. The Morgan fingerprint density at radius 2 is 1.95 bits per heavy atom. The number of sulfonamides is 1. The minimum atomic E-state index is -3.31. The molecule has 0 aliphatic heterocycles. The highest BCUT2D eigenvalue weighted by atomic mass is 32.2. The van der Waals surface area contributed by atoms with Gasteiger partial charge in [-0.15, -0.1) is 11.3 Å². The topological polar surface area (TPSA) is 49.4 Å². The number of hydrogen-bond acceptors (Lipinski definition) is 5. The molecule has 0 saturated heterocycles. The van der Waals surface area contributed by atoms with Gasteiger partial charge in [0.2, 0.25) is 0 Å². The number of rotatable bonds is 9. The Kier molecular flexibility index (Phi) is 6.58. The maximum atomic E-state index is 12.4. The standard InChI is InChI=1S/C15H22N2O2S3/c1-3-17(4-2)22(18,19)15-6-5-14(21-15)7-9-16-11-13-8-10-20-12-13/h5-6,8,10,12,16H,3-4,7,9,11H2,1-2H3. The van der Waals surface area contributed by atoms with E-state index in [1.54, 1.807) is 17.4 Å². The zero-order valence-electron chi connectivity index (χ0n) is 12.9. The van der Waals surface area contributed by atoms with E-state index in [0.29, 0.717) is 17.3 Å². The second-order valence-corrected chi connectivity index (χ2v) is 8.98. The SMILES string of the molecule is CCN(CC)S(=O)(=O)c1ccc(CCNCc2ccsc2)s1. The smallest absolute Gasteiger partial charge is 0.252 e. The molecule has 0 fully saturated rings. The molecule has 0 amide bonds. The maximum absolute atomic E-state index is 12.4. The molecule has 122 valence electrons. The van der Waals surface area contributed by atoms with Gasteiger partial charge >= 0.3 is 0 Å². The zero-order chi connectivity index (χ0) is 16.0. The summed E-state index contributed by atoms with van der Waals surface area (Å²) in [6, 6.07) is 5.76. The van der Waals surface area contributed by atoms with Gasteiger partial charge in [0.05, 0.1) is 0 Å². The third-order valence-electron chi connectivity index (χ3n) is 3.39. The summed E-state index contributed by atoms with van der Waals surface area (Å²) in [6.45, 7) is 6.46. The van der Waals surface area contributed by atoms with E-state index in [0.717, 1.165) is 24.4 Å². The van der Waals surface area contributed by atoms with Crippen molar-refractivity contribution in [3.05, 3.63) is 39.4 Å². The van der Waals surface area contributed by atoms with Gasteiger partial charge in [0.15, 0.2) is 0 Å². The van der Waals surface area contributed by atoms with Crippen LogP contribution in [0, 0.1) is 0 Å². The fourth-order valence-corrected chi connectivity index (χ4v) is 5.80. The molecule has 4 nitrogen and oxygen atoms in total. The van der Waals surface area contributed by atoms with Crippen LogP contribution < -0.4 is 5.32 Å². The van der Waals surface area contributed by atoms with Gasteiger partial charge < -0.3 is 5.32 Å². The molecule has 0 spiro atoms. The van der Waals surface area contributed by atoms with Gasteiger partial charge in [-0.1, -0.05) is 13.8 Å². The molecule has 7 heteroatoms. The summed E-state index contributed by atoms with van der Waals surface area (Å²) in [5, 5.41) is 7.58. The summed E-state index contributed by atoms with van der Waals surface area (Å²) in [5.74, 6) is 0. The molecular formula is C15H22N2O2S3. The molecule has 0 saturated carbocycles. The van der Waals surface area contributed by atoms with Crippen molar-refractivity contribution in [2.24, 2.45) is 0 Å². The van der Waals surface area contributed by atoms with E-state index in [1.165, 1.54) is 21.2 Å². The first-order chi connectivity index (χ1) is 10.6. The predicted molar refractivity (Wildman–Crippen MR) is 94.2 cm³/mol. The van der Waals surface area contributed by atoms with Crippen LogP contribution in [0.15, 0.2) is 33.2 Å². The van der Waals surface area contributed by atoms with E-state index in [9.17, 15) is 8.42 Å². The summed E-state index contributed by atoms with van der Waals surface area (Å²) in [7, 11) is -3.31. The minimum absolute atomic E-state index is 0.448. The van der Waals surface area contributed by atoms with Crippen molar-refractivity contribution in [3.8, 4) is 0 Å². The monoisotopic (exact) mass is 358 g/mol. The summed E-state index contributed by atoms with van der Waals surface area (Å²) in [4.78, 5) is 1.10. The minimum Gasteiger partial charge on any atom is -0.312 e. The lowest BCUT2D eigenvalue weighted by atomic mass is 10.3. The van der Waals surface area contributed by atoms with Crippen molar-refractivity contribution in [3.63, 3.8) is 0 Å². The molecule has 0 atom stereocenters. The molecule has 2 aromatic heterocycles. The predicted octanol–water partition coefficient (Wildman–Crippen LogP) is 3.17. The molecular weight excluding hydrogens is 336 g/mol. The zero-order valence-corrected chi connectivity index (χ0v) is 15.4. The molecule has 2 aromatic rings. The highest BCUT2D eigenvalue weighted by Crippen LogP contribution is 2.25. The Morgan fingerprint density at radius 3 is 2.59 bits per heavy atom. The molecule has 1 N–H and O–H groups in total. The normalized spacial score (nSPS) is 12.1. The van der Waals surface area contributed by atoms with Crippen LogP contribution in [-0.4, -0.2) is 32.4 Å². The molecule has 22 heavy (non-hydrogen) atoms. The van der Waals surface area contributed by atoms with Crippen molar-refractivity contribution in [2.45, 2.75) is 31.0 Å². The fourth-order valence-electron chi connectivity index (χ4n) is 2.16. The van der Waals surface area contributed by atoms with Crippen LogP contribution in [0.3, 0.4) is 0 Å². The highest BCUT2D eigenvalue weighted by molar-refractivity contribution is 7.91. The van der Waals surface area contributed by atoms with Crippen molar-refractivity contribution in [1.82, 2.24) is 9.62 Å². The Bertz CT molecular complexity index is 659. The van der Waals surface area contributed by atoms with Gasteiger partial charge in [0.1, 0.15) is 4.21 Å². The number of thiophene rings is 2. The third kappa shape index (κ3) is 4.39. The molecule has 0 aliphatic rings. The van der Waals surface area contributed by atoms with Crippen molar-refractivity contribution < 1.29 is 8.42 Å². The first kappa shape index (κ1) is 17.6. The van der Waals surface area contributed by atoms with E-state index >= 15 is 0 Å². The molecule has 2 heterocycles. The van der Waals surface area contributed by atoms with Crippen LogP contribution in [0.25, 0.3) is 0 Å². The molecule has 0 aliphatic carbocycles. The first-order valence-corrected chi connectivity index (χ1v) is 10.6. The van der Waals surface area contributed by atoms with E-state index < -0.39 is 10.0 Å². The van der Waals surface area contributed by atoms with E-state index in [1.807, 2.05) is 19.9 Å². The largest absolute Gasteiger partial charge is 0.312 e. The second kappa shape index (κ2) is 8.21. The van der Waals surface area contributed by atoms with Gasteiger partial charge in [-0.05, 0) is 40.9 Å². The number of nitrogens with zero attached hydrogens (tertiary/aromatic N) is 1. The molecule has 0 aromatic carbocycles. The van der Waals surface area contributed by atoms with E-state index in [2.05, 4.69) is 22.1 Å². The second-order valence-electron chi connectivity index (χ2n) is 4.87. The molecule has 0 bridgehead atoms. The lowest BCUT2D eigenvalue weighted by Gasteiger charge is -2.16. The van der Waals surface area contributed by atoms with Crippen LogP contribution in [0.1, 0.15) is 24.3 Å². The van der Waals surface area contributed by atoms with Gasteiger partial charge in [0.25, 0.3) is 10.0 Å². The summed E-state index contributed by atoms with van der Waals surface area (Å²) < 4.78 is 26.8. The average Bonchev–Trinajstić information content (AvgIpc) is 3.16. The molecule has 2 rings (SSSR count). The van der Waals surface area contributed by atoms with Crippen LogP contribution in [0.5, 0.6) is 0 Å². The Labute approximate surface area is 140 Å². The number of nitrogens with one attached hydrogen (secondary N) is 1. The third-order valence-corrected chi connectivity index (χ3v) is 7.79. The van der Waals surface area contributed by atoms with Gasteiger partial charge in [-0.2, -0.15) is 15.6 Å². The van der Waals surface area contributed by atoms with Gasteiger partial charge in [0, 0.05) is 31.1 Å². The quantitative estimate of drug-likeness (QED) is 0.701. The van der Waals surface area contributed by atoms with Crippen LogP contribution >= 0.6 is 22.7 Å². The van der Waals surface area contributed by atoms with E-state index in [-0.39, 0.29) is 0 Å². The highest BCUT2D eigenvalue weighted by Gasteiger charge is 2.23. The maximum Gasteiger partial charge on any atom is 0.252 e. The van der Waals surface area contributed by atoms with Gasteiger partial charge in [-0.25, -0.2) is 8.42 Å². The Hall–Kier alpha value is -0.730. The summed E-state index contributed by atoms with van der Waals surface area (Å²) in [5.41, 5.74) is 1.29. The van der Waals surface area contributed by atoms with Crippen molar-refractivity contribution in [2.75, 3.05) is 19.6 Å². The fraction of sp³-hybridized carbons (Fsp3) is 0.467. The van der Waals surface area contributed by atoms with Crippen molar-refractivity contribution >= 4 is 32.7 Å². The lowest BCUT2D eigenvalue weighted by Crippen LogP contribution is -2.29. The van der Waals surface area contributed by atoms with E-state index in [4.69, 9.17) is 0 Å². The Balaban J connectivity index is 1.88. The van der Waals surface area contributed by atoms with Crippen LogP contribution in [0.2, 0.25) is 0 Å². The summed E-state index contributed by atoms with van der Waals surface area (Å²) in [6.07, 6.45) is 0.850. The van der Waals surface area contributed by atoms with Gasteiger partial charge in [-0.3, -0.25) is 0 Å². The summed E-state index contributed by atoms with van der Waals surface area (Å²) >= 11 is 3.08. The van der Waals surface area contributed by atoms with Crippen LogP contribution in [0.4, 0.5) is 0 Å².